The molecule has 2 rings (SSSR count). The molecule has 1 aliphatic heterocycles. The van der Waals surface area contributed by atoms with E-state index in [1.54, 1.807) is 0 Å². The highest BCUT2D eigenvalue weighted by Crippen LogP contribution is 2.36. The molecule has 0 aromatic heterocycles. The van der Waals surface area contributed by atoms with Crippen LogP contribution in [0, 0.1) is 0 Å². The Bertz CT molecular complexity index is 566. The molecule has 0 atom stereocenters. The minimum atomic E-state index is -5.40. The van der Waals surface area contributed by atoms with Gasteiger partial charge in [-0.25, -0.2) is 8.42 Å². The number of rotatable bonds is 3. The van der Waals surface area contributed by atoms with Crippen LogP contribution in [-0.4, -0.2) is 33.1 Å². The third kappa shape index (κ3) is 3.06. The summed E-state index contributed by atoms with van der Waals surface area (Å²) in [6, 6.07) is 4.86. The molecule has 0 bridgehead atoms. The molecular formula is C12H14F3NO3S. The van der Waals surface area contributed by atoms with Crippen LogP contribution in [0.2, 0.25) is 0 Å². The van der Waals surface area contributed by atoms with Crippen LogP contribution in [0.25, 0.3) is 0 Å². The van der Waals surface area contributed by atoms with Gasteiger partial charge in [-0.2, -0.15) is 13.2 Å². The number of halogens is 3. The molecule has 8 heteroatoms. The van der Waals surface area contributed by atoms with Gasteiger partial charge in [0.25, 0.3) is 9.84 Å². The third-order valence-electron chi connectivity index (χ3n) is 3.02. The van der Waals surface area contributed by atoms with Crippen LogP contribution in [0.15, 0.2) is 29.2 Å². The van der Waals surface area contributed by atoms with Crippen molar-refractivity contribution in [1.29, 1.82) is 0 Å². The Morgan fingerprint density at radius 3 is 2.35 bits per heavy atom. The van der Waals surface area contributed by atoms with Crippen molar-refractivity contribution in [1.82, 2.24) is 5.32 Å². The minimum Gasteiger partial charge on any atom is -0.489 e. The summed E-state index contributed by atoms with van der Waals surface area (Å²) in [6.07, 6.45) is 0.974. The smallest absolute Gasteiger partial charge is 0.489 e. The molecule has 1 fully saturated rings. The molecule has 1 aliphatic rings. The zero-order valence-electron chi connectivity index (χ0n) is 10.5. The maximum absolute atomic E-state index is 12.6. The van der Waals surface area contributed by atoms with Crippen LogP contribution in [0.4, 0.5) is 13.2 Å². The van der Waals surface area contributed by atoms with Gasteiger partial charge < -0.3 is 10.1 Å². The Labute approximate surface area is 114 Å². The number of hydrogen-bond acceptors (Lipinski definition) is 4. The van der Waals surface area contributed by atoms with Gasteiger partial charge in [-0.1, -0.05) is 12.1 Å². The summed E-state index contributed by atoms with van der Waals surface area (Å²) in [6.45, 7) is 1.39. The number of para-hydroxylation sites is 1. The predicted molar refractivity (Wildman–Crippen MR) is 66.2 cm³/mol. The van der Waals surface area contributed by atoms with Crippen LogP contribution in [0.5, 0.6) is 5.75 Å². The topological polar surface area (TPSA) is 55.4 Å². The van der Waals surface area contributed by atoms with E-state index in [4.69, 9.17) is 4.74 Å². The Balaban J connectivity index is 2.31. The molecule has 4 nitrogen and oxygen atoms in total. The molecule has 0 saturated carbocycles. The van der Waals surface area contributed by atoms with Crippen LogP contribution >= 0.6 is 0 Å². The van der Waals surface area contributed by atoms with Gasteiger partial charge >= 0.3 is 5.51 Å². The van der Waals surface area contributed by atoms with Crippen molar-refractivity contribution in [3.05, 3.63) is 24.3 Å². The summed E-state index contributed by atoms with van der Waals surface area (Å²) in [7, 11) is -5.40. The fourth-order valence-electron chi connectivity index (χ4n) is 1.99. The van der Waals surface area contributed by atoms with Gasteiger partial charge in [0.05, 0.1) is 0 Å². The number of alkyl halides is 3. The SMILES string of the molecule is O=S(=O)(c1ccccc1OC1CCNCC1)C(F)(F)F. The fraction of sp³-hybridized carbons (Fsp3) is 0.500. The quantitative estimate of drug-likeness (QED) is 0.929. The Morgan fingerprint density at radius 1 is 1.15 bits per heavy atom. The second-order valence-electron chi connectivity index (χ2n) is 4.46. The molecule has 20 heavy (non-hydrogen) atoms. The highest BCUT2D eigenvalue weighted by Gasteiger charge is 2.48. The average molecular weight is 309 g/mol. The Morgan fingerprint density at radius 2 is 1.75 bits per heavy atom. The van der Waals surface area contributed by atoms with Gasteiger partial charge in [-0.05, 0) is 38.1 Å². The molecule has 1 N–H and O–H groups in total. The number of nitrogens with one attached hydrogen (secondary N) is 1. The summed E-state index contributed by atoms with van der Waals surface area (Å²) in [4.78, 5) is -0.828. The second kappa shape index (κ2) is 5.61. The molecule has 0 radical (unpaired) electrons. The van der Waals surface area contributed by atoms with Gasteiger partial charge in [-0.15, -0.1) is 0 Å². The molecule has 0 spiro atoms. The lowest BCUT2D eigenvalue weighted by Gasteiger charge is -2.25. The van der Waals surface area contributed by atoms with Crippen molar-refractivity contribution < 1.29 is 26.3 Å². The average Bonchev–Trinajstić information content (AvgIpc) is 2.39. The third-order valence-corrected chi connectivity index (χ3v) is 4.55. The number of benzene rings is 1. The van der Waals surface area contributed by atoms with Crippen LogP contribution < -0.4 is 10.1 Å². The summed E-state index contributed by atoms with van der Waals surface area (Å²) in [5.41, 5.74) is -5.33. The molecule has 1 saturated heterocycles. The number of ether oxygens (including phenoxy) is 1. The lowest BCUT2D eigenvalue weighted by atomic mass is 10.1. The van der Waals surface area contributed by atoms with E-state index in [9.17, 15) is 21.6 Å². The van der Waals surface area contributed by atoms with Crippen LogP contribution in [0.3, 0.4) is 0 Å². The van der Waals surface area contributed by atoms with E-state index in [0.717, 1.165) is 6.07 Å². The molecule has 0 amide bonds. The van der Waals surface area contributed by atoms with Crippen molar-refractivity contribution in [3.63, 3.8) is 0 Å². The molecule has 1 heterocycles. The highest BCUT2D eigenvalue weighted by molar-refractivity contribution is 7.92. The largest absolute Gasteiger partial charge is 0.502 e. The molecule has 112 valence electrons. The lowest BCUT2D eigenvalue weighted by Crippen LogP contribution is -2.34. The van der Waals surface area contributed by atoms with E-state index in [-0.39, 0.29) is 11.9 Å². The van der Waals surface area contributed by atoms with E-state index >= 15 is 0 Å². The molecular weight excluding hydrogens is 295 g/mol. The van der Waals surface area contributed by atoms with Gasteiger partial charge in [-0.3, -0.25) is 0 Å². The van der Waals surface area contributed by atoms with Crippen molar-refractivity contribution in [2.75, 3.05) is 13.1 Å². The van der Waals surface area contributed by atoms with E-state index in [2.05, 4.69) is 5.32 Å². The Kier molecular flexibility index (Phi) is 4.24. The Hall–Kier alpha value is -1.28. The number of hydrogen-bond donors (Lipinski definition) is 1. The minimum absolute atomic E-state index is 0.239. The van der Waals surface area contributed by atoms with Crippen LogP contribution in [0.1, 0.15) is 12.8 Å². The van der Waals surface area contributed by atoms with E-state index < -0.39 is 20.2 Å². The molecule has 1 aromatic rings. The first kappa shape index (κ1) is 15.1. The van der Waals surface area contributed by atoms with Gasteiger partial charge in [0, 0.05) is 0 Å². The zero-order chi connectivity index (χ0) is 14.8. The maximum Gasteiger partial charge on any atom is 0.502 e. The normalized spacial score (nSPS) is 17.9. The standard InChI is InChI=1S/C12H14F3NO3S/c13-12(14,15)20(17,18)11-4-2-1-3-10(11)19-9-5-7-16-8-6-9/h1-4,9,16H,5-8H2. The van der Waals surface area contributed by atoms with Crippen molar-refractivity contribution >= 4 is 9.84 Å². The first-order chi connectivity index (χ1) is 9.32. The van der Waals surface area contributed by atoms with Crippen molar-refractivity contribution in [2.45, 2.75) is 29.3 Å². The van der Waals surface area contributed by atoms with E-state index in [1.165, 1.54) is 18.2 Å². The summed E-state index contributed by atoms with van der Waals surface area (Å²) in [5, 5.41) is 3.09. The molecule has 1 aromatic carbocycles. The van der Waals surface area contributed by atoms with Crippen molar-refractivity contribution in [2.24, 2.45) is 0 Å². The lowest BCUT2D eigenvalue weighted by molar-refractivity contribution is -0.0438. The van der Waals surface area contributed by atoms with Gasteiger partial charge in [0.2, 0.25) is 0 Å². The van der Waals surface area contributed by atoms with Gasteiger partial charge in [0.15, 0.2) is 0 Å². The van der Waals surface area contributed by atoms with Gasteiger partial charge in [0.1, 0.15) is 16.7 Å². The summed E-state index contributed by atoms with van der Waals surface area (Å²) < 4.78 is 66.3. The van der Waals surface area contributed by atoms with E-state index in [1.807, 2.05) is 0 Å². The summed E-state index contributed by atoms with van der Waals surface area (Å²) >= 11 is 0. The monoisotopic (exact) mass is 309 g/mol. The zero-order valence-corrected chi connectivity index (χ0v) is 11.3. The molecule has 0 unspecified atom stereocenters. The predicted octanol–water partition coefficient (Wildman–Crippen LogP) is 2.11. The van der Waals surface area contributed by atoms with Crippen LogP contribution in [-0.2, 0) is 9.84 Å². The first-order valence-corrected chi connectivity index (χ1v) is 7.58. The number of piperidine rings is 1. The molecule has 0 aliphatic carbocycles. The second-order valence-corrected chi connectivity index (χ2v) is 6.37. The first-order valence-electron chi connectivity index (χ1n) is 6.10. The van der Waals surface area contributed by atoms with E-state index in [0.29, 0.717) is 25.9 Å². The number of sulfone groups is 1. The highest BCUT2D eigenvalue weighted by atomic mass is 32.2. The summed E-state index contributed by atoms with van der Waals surface area (Å²) in [5.74, 6) is -0.239. The van der Waals surface area contributed by atoms with Crippen molar-refractivity contribution in [3.8, 4) is 5.75 Å². The maximum atomic E-state index is 12.6. The fourth-order valence-corrected chi connectivity index (χ4v) is 2.88.